The molecule has 0 bridgehead atoms. The van der Waals surface area contributed by atoms with Crippen molar-refractivity contribution in [3.8, 4) is 0 Å². The minimum Gasteiger partial charge on any atom is -0.383 e. The lowest BCUT2D eigenvalue weighted by Gasteiger charge is -2.29. The molecule has 0 N–H and O–H groups in total. The van der Waals surface area contributed by atoms with Crippen LogP contribution in [0.1, 0.15) is 19.0 Å². The Labute approximate surface area is 141 Å². The summed E-state index contributed by atoms with van der Waals surface area (Å²) in [6.45, 7) is 3.20. The molecule has 1 aromatic rings. The van der Waals surface area contributed by atoms with Gasteiger partial charge in [0, 0.05) is 32.0 Å². The SMILES string of the molecule is CCC(=O)N1CSCC1C(=O)N(CCOC)Cc1ccccn1. The molecule has 0 aromatic carbocycles. The molecule has 1 aliphatic heterocycles. The molecule has 0 saturated carbocycles. The first-order valence-corrected chi connectivity index (χ1v) is 8.87. The van der Waals surface area contributed by atoms with Gasteiger partial charge in [-0.2, -0.15) is 0 Å². The fourth-order valence-corrected chi connectivity index (χ4v) is 3.63. The average Bonchev–Trinajstić information content (AvgIpc) is 3.07. The van der Waals surface area contributed by atoms with E-state index in [9.17, 15) is 9.59 Å². The van der Waals surface area contributed by atoms with Crippen LogP contribution < -0.4 is 0 Å². The molecule has 1 aliphatic rings. The lowest BCUT2D eigenvalue weighted by atomic mass is 10.2. The molecule has 0 spiro atoms. The summed E-state index contributed by atoms with van der Waals surface area (Å²) in [6.07, 6.45) is 2.13. The highest BCUT2D eigenvalue weighted by Gasteiger charge is 2.36. The molecule has 23 heavy (non-hydrogen) atoms. The van der Waals surface area contributed by atoms with E-state index >= 15 is 0 Å². The molecule has 2 rings (SSSR count). The number of pyridine rings is 1. The second kappa shape index (κ2) is 8.88. The summed E-state index contributed by atoms with van der Waals surface area (Å²) in [5.74, 6) is 1.23. The average molecular weight is 337 g/mol. The van der Waals surface area contributed by atoms with Gasteiger partial charge in [0.1, 0.15) is 6.04 Å². The van der Waals surface area contributed by atoms with E-state index in [4.69, 9.17) is 4.74 Å². The number of carbonyl (C=O) groups excluding carboxylic acids is 2. The van der Waals surface area contributed by atoms with Gasteiger partial charge in [-0.15, -0.1) is 11.8 Å². The quantitative estimate of drug-likeness (QED) is 0.752. The Morgan fingerprint density at radius 1 is 1.48 bits per heavy atom. The van der Waals surface area contributed by atoms with Crippen LogP contribution >= 0.6 is 11.8 Å². The first-order valence-electron chi connectivity index (χ1n) is 7.72. The summed E-state index contributed by atoms with van der Waals surface area (Å²) in [7, 11) is 1.61. The summed E-state index contributed by atoms with van der Waals surface area (Å²) in [5.41, 5.74) is 0.830. The highest BCUT2D eigenvalue weighted by Crippen LogP contribution is 2.23. The zero-order valence-corrected chi connectivity index (χ0v) is 14.4. The summed E-state index contributed by atoms with van der Waals surface area (Å²) in [6, 6.07) is 5.26. The third-order valence-corrected chi connectivity index (χ3v) is 4.76. The van der Waals surface area contributed by atoms with Gasteiger partial charge in [-0.05, 0) is 12.1 Å². The Morgan fingerprint density at radius 2 is 2.30 bits per heavy atom. The molecular formula is C16H23N3O3S. The van der Waals surface area contributed by atoms with E-state index in [1.54, 1.807) is 34.9 Å². The molecule has 1 saturated heterocycles. The Morgan fingerprint density at radius 3 is 2.96 bits per heavy atom. The molecule has 1 atom stereocenters. The number of thioether (sulfide) groups is 1. The Kier molecular flexibility index (Phi) is 6.85. The summed E-state index contributed by atoms with van der Waals surface area (Å²) in [5, 5.41) is 0. The standard InChI is InChI=1S/C16H23N3O3S/c1-3-15(20)19-12-23-11-14(19)16(21)18(8-9-22-2)10-13-6-4-5-7-17-13/h4-7,14H,3,8-12H2,1-2H3. The largest absolute Gasteiger partial charge is 0.383 e. The topological polar surface area (TPSA) is 62.7 Å². The number of methoxy groups -OCH3 is 1. The molecule has 6 nitrogen and oxygen atoms in total. The lowest BCUT2D eigenvalue weighted by molar-refractivity contribution is -0.144. The van der Waals surface area contributed by atoms with Gasteiger partial charge in [-0.1, -0.05) is 13.0 Å². The molecular weight excluding hydrogens is 314 g/mol. The maximum atomic E-state index is 12.9. The molecule has 0 aliphatic carbocycles. The summed E-state index contributed by atoms with van der Waals surface area (Å²) < 4.78 is 5.12. The predicted octanol–water partition coefficient (Wildman–Crippen LogP) is 1.37. The van der Waals surface area contributed by atoms with Crippen molar-refractivity contribution in [3.05, 3.63) is 30.1 Å². The van der Waals surface area contributed by atoms with Gasteiger partial charge >= 0.3 is 0 Å². The van der Waals surface area contributed by atoms with Crippen molar-refractivity contribution in [2.24, 2.45) is 0 Å². The van der Waals surface area contributed by atoms with E-state index in [-0.39, 0.29) is 17.9 Å². The van der Waals surface area contributed by atoms with Crippen molar-refractivity contribution < 1.29 is 14.3 Å². The third kappa shape index (κ3) is 4.68. The molecule has 0 radical (unpaired) electrons. The van der Waals surface area contributed by atoms with Crippen molar-refractivity contribution in [1.29, 1.82) is 0 Å². The number of ether oxygens (including phenoxy) is 1. The van der Waals surface area contributed by atoms with E-state index in [1.807, 2.05) is 25.1 Å². The van der Waals surface area contributed by atoms with Crippen LogP contribution in [0.25, 0.3) is 0 Å². The fraction of sp³-hybridized carbons (Fsp3) is 0.562. The number of amides is 2. The van der Waals surface area contributed by atoms with E-state index in [1.165, 1.54) is 0 Å². The van der Waals surface area contributed by atoms with E-state index in [0.717, 1.165) is 5.69 Å². The van der Waals surface area contributed by atoms with E-state index in [0.29, 0.717) is 37.7 Å². The first-order chi connectivity index (χ1) is 11.2. The van der Waals surface area contributed by atoms with Crippen LogP contribution in [-0.4, -0.2) is 64.5 Å². The van der Waals surface area contributed by atoms with Gasteiger partial charge in [0.15, 0.2) is 0 Å². The van der Waals surface area contributed by atoms with Gasteiger partial charge in [-0.25, -0.2) is 0 Å². The summed E-state index contributed by atoms with van der Waals surface area (Å²) in [4.78, 5) is 32.7. The number of nitrogens with zero attached hydrogens (tertiary/aromatic N) is 3. The molecule has 2 amide bonds. The molecule has 7 heteroatoms. The van der Waals surface area contributed by atoms with Crippen LogP contribution in [0.4, 0.5) is 0 Å². The highest BCUT2D eigenvalue weighted by molar-refractivity contribution is 7.99. The monoisotopic (exact) mass is 337 g/mol. The molecule has 126 valence electrons. The Balaban J connectivity index is 2.10. The Hall–Kier alpha value is -1.60. The maximum Gasteiger partial charge on any atom is 0.246 e. The smallest absolute Gasteiger partial charge is 0.246 e. The second-order valence-electron chi connectivity index (χ2n) is 5.31. The number of hydrogen-bond acceptors (Lipinski definition) is 5. The number of carbonyl (C=O) groups is 2. The van der Waals surface area contributed by atoms with Gasteiger partial charge in [0.05, 0.1) is 24.7 Å². The zero-order chi connectivity index (χ0) is 16.7. The number of rotatable bonds is 7. The van der Waals surface area contributed by atoms with E-state index < -0.39 is 0 Å². The Bertz CT molecular complexity index is 527. The normalized spacial score (nSPS) is 17.3. The van der Waals surface area contributed by atoms with Gasteiger partial charge in [0.2, 0.25) is 11.8 Å². The van der Waals surface area contributed by atoms with Crippen LogP contribution in [0, 0.1) is 0 Å². The zero-order valence-electron chi connectivity index (χ0n) is 13.6. The highest BCUT2D eigenvalue weighted by atomic mass is 32.2. The van der Waals surface area contributed by atoms with Crippen molar-refractivity contribution >= 4 is 23.6 Å². The third-order valence-electron chi connectivity index (χ3n) is 3.75. The van der Waals surface area contributed by atoms with Crippen molar-refractivity contribution in [3.63, 3.8) is 0 Å². The predicted molar refractivity (Wildman–Crippen MR) is 89.8 cm³/mol. The molecule has 2 heterocycles. The minimum atomic E-state index is -0.381. The number of hydrogen-bond donors (Lipinski definition) is 0. The van der Waals surface area contributed by atoms with Crippen molar-refractivity contribution in [2.45, 2.75) is 25.9 Å². The van der Waals surface area contributed by atoms with Crippen LogP contribution in [0.5, 0.6) is 0 Å². The molecule has 1 fully saturated rings. The summed E-state index contributed by atoms with van der Waals surface area (Å²) >= 11 is 1.62. The van der Waals surface area contributed by atoms with E-state index in [2.05, 4.69) is 4.98 Å². The number of aromatic nitrogens is 1. The van der Waals surface area contributed by atoms with Gasteiger partial charge < -0.3 is 14.5 Å². The second-order valence-corrected chi connectivity index (χ2v) is 6.31. The lowest BCUT2D eigenvalue weighted by Crippen LogP contribution is -2.49. The van der Waals surface area contributed by atoms with Crippen LogP contribution in [0.2, 0.25) is 0 Å². The van der Waals surface area contributed by atoms with Gasteiger partial charge in [-0.3, -0.25) is 14.6 Å². The van der Waals surface area contributed by atoms with Crippen molar-refractivity contribution in [1.82, 2.24) is 14.8 Å². The van der Waals surface area contributed by atoms with Crippen LogP contribution in [0.3, 0.4) is 0 Å². The van der Waals surface area contributed by atoms with Crippen LogP contribution in [-0.2, 0) is 20.9 Å². The molecule has 1 aromatic heterocycles. The molecule has 1 unspecified atom stereocenters. The van der Waals surface area contributed by atoms with Gasteiger partial charge in [0.25, 0.3) is 0 Å². The maximum absolute atomic E-state index is 12.9. The van der Waals surface area contributed by atoms with Crippen LogP contribution in [0.15, 0.2) is 24.4 Å². The minimum absolute atomic E-state index is 0.0258. The first kappa shape index (κ1) is 17.7. The fourth-order valence-electron chi connectivity index (χ4n) is 2.46. The van der Waals surface area contributed by atoms with Crippen molar-refractivity contribution in [2.75, 3.05) is 31.9 Å².